The quantitative estimate of drug-likeness (QED) is 0.564. The summed E-state index contributed by atoms with van der Waals surface area (Å²) in [6.07, 6.45) is -1.79. The summed E-state index contributed by atoms with van der Waals surface area (Å²) in [6.45, 7) is 3.82. The lowest BCUT2D eigenvalue weighted by Crippen LogP contribution is -2.52. The lowest BCUT2D eigenvalue weighted by atomic mass is 9.65. The Bertz CT molecular complexity index is 1070. The van der Waals surface area contributed by atoms with Crippen molar-refractivity contribution in [2.45, 2.75) is 63.1 Å². The molecule has 0 aliphatic heterocycles. The van der Waals surface area contributed by atoms with Crippen molar-refractivity contribution in [1.82, 2.24) is 4.98 Å². The zero-order chi connectivity index (χ0) is 21.6. The minimum Gasteiger partial charge on any atom is -0.380 e. The number of nitrogens with zero attached hydrogens (tertiary/aromatic N) is 1. The SMILES string of the molecule is Cc1ccc2c(c1)C(C)(CC(O)(Cc1ccnc3ccccc13)C(F)(F)F)CCC2. The van der Waals surface area contributed by atoms with Gasteiger partial charge in [0.15, 0.2) is 5.60 Å². The van der Waals surface area contributed by atoms with E-state index in [4.69, 9.17) is 0 Å². The molecule has 1 aliphatic rings. The molecule has 2 nitrogen and oxygen atoms in total. The molecule has 0 bridgehead atoms. The number of benzene rings is 2. The van der Waals surface area contributed by atoms with Crippen LogP contribution in [-0.4, -0.2) is 21.9 Å². The van der Waals surface area contributed by atoms with E-state index in [9.17, 15) is 18.3 Å². The van der Waals surface area contributed by atoms with Gasteiger partial charge < -0.3 is 5.11 Å². The van der Waals surface area contributed by atoms with Crippen molar-refractivity contribution in [3.8, 4) is 0 Å². The van der Waals surface area contributed by atoms with E-state index < -0.39 is 23.6 Å². The first kappa shape index (κ1) is 20.9. The first-order valence-electron chi connectivity index (χ1n) is 10.3. The lowest BCUT2D eigenvalue weighted by Gasteiger charge is -2.43. The minimum absolute atomic E-state index is 0.364. The second-order valence-corrected chi connectivity index (χ2v) is 8.94. The number of hydrogen-bond donors (Lipinski definition) is 1. The van der Waals surface area contributed by atoms with Crippen LogP contribution in [0.2, 0.25) is 0 Å². The summed E-state index contributed by atoms with van der Waals surface area (Å²) in [5.41, 5.74) is 0.576. The Balaban J connectivity index is 1.76. The molecule has 2 aromatic carbocycles. The third-order valence-electron chi connectivity index (χ3n) is 6.52. The molecular formula is C25H26F3NO. The number of hydrogen-bond acceptors (Lipinski definition) is 2. The predicted octanol–water partition coefficient (Wildman–Crippen LogP) is 6.06. The van der Waals surface area contributed by atoms with E-state index in [1.54, 1.807) is 30.3 Å². The van der Waals surface area contributed by atoms with Crippen LogP contribution >= 0.6 is 0 Å². The number of fused-ring (bicyclic) bond motifs is 2. The van der Waals surface area contributed by atoms with Gasteiger partial charge in [-0.25, -0.2) is 0 Å². The molecule has 0 spiro atoms. The van der Waals surface area contributed by atoms with Crippen molar-refractivity contribution in [2.24, 2.45) is 0 Å². The average Bonchev–Trinajstić information content (AvgIpc) is 2.68. The molecule has 1 N–H and O–H groups in total. The molecule has 30 heavy (non-hydrogen) atoms. The van der Waals surface area contributed by atoms with E-state index in [1.807, 2.05) is 32.0 Å². The van der Waals surface area contributed by atoms with Crippen LogP contribution in [0, 0.1) is 6.92 Å². The van der Waals surface area contributed by atoms with Gasteiger partial charge in [-0.1, -0.05) is 48.9 Å². The first-order chi connectivity index (χ1) is 14.1. The maximum Gasteiger partial charge on any atom is 0.417 e. The van der Waals surface area contributed by atoms with E-state index in [2.05, 4.69) is 4.98 Å². The standard InChI is InChI=1S/C25H26F3NO/c1-17-9-10-18-6-5-12-23(2,21(18)14-17)16-24(30,25(26,27)28)15-19-11-13-29-22-8-4-3-7-20(19)22/h3-4,7-11,13-14,30H,5-6,12,15-16H2,1-2H3. The van der Waals surface area contributed by atoms with Crippen molar-refractivity contribution in [3.05, 3.63) is 77.0 Å². The molecule has 1 heterocycles. The van der Waals surface area contributed by atoms with Crippen LogP contribution in [-0.2, 0) is 18.3 Å². The third-order valence-corrected chi connectivity index (χ3v) is 6.52. The van der Waals surface area contributed by atoms with E-state index in [0.717, 1.165) is 29.5 Å². The fourth-order valence-corrected chi connectivity index (χ4v) is 4.99. The summed E-state index contributed by atoms with van der Waals surface area (Å²) >= 11 is 0. The highest BCUT2D eigenvalue weighted by Crippen LogP contribution is 2.48. The average molecular weight is 413 g/mol. The van der Waals surface area contributed by atoms with Gasteiger partial charge >= 0.3 is 6.18 Å². The number of aromatic nitrogens is 1. The molecule has 0 fully saturated rings. The zero-order valence-corrected chi connectivity index (χ0v) is 17.3. The van der Waals surface area contributed by atoms with Crippen LogP contribution in [0.1, 0.15) is 48.4 Å². The molecule has 2 unspecified atom stereocenters. The largest absolute Gasteiger partial charge is 0.417 e. The normalized spacial score (nSPS) is 21.3. The fraction of sp³-hybridized carbons (Fsp3) is 0.400. The summed E-state index contributed by atoms with van der Waals surface area (Å²) in [7, 11) is 0. The van der Waals surface area contributed by atoms with Crippen LogP contribution in [0.25, 0.3) is 10.9 Å². The first-order valence-corrected chi connectivity index (χ1v) is 10.3. The van der Waals surface area contributed by atoms with Crippen molar-refractivity contribution in [1.29, 1.82) is 0 Å². The molecule has 1 aliphatic carbocycles. The monoisotopic (exact) mass is 413 g/mol. The van der Waals surface area contributed by atoms with Gasteiger partial charge in [-0.3, -0.25) is 4.98 Å². The lowest BCUT2D eigenvalue weighted by molar-refractivity contribution is -0.267. The molecule has 1 aromatic heterocycles. The number of rotatable bonds is 4. The van der Waals surface area contributed by atoms with Gasteiger partial charge in [-0.05, 0) is 66.8 Å². The van der Waals surface area contributed by atoms with E-state index >= 15 is 0 Å². The van der Waals surface area contributed by atoms with Gasteiger partial charge in [0.05, 0.1) is 5.52 Å². The maximum atomic E-state index is 14.3. The molecular weight excluding hydrogens is 387 g/mol. The Hall–Kier alpha value is -2.40. The van der Waals surface area contributed by atoms with Crippen LogP contribution in [0.15, 0.2) is 54.7 Å². The Morgan fingerprint density at radius 2 is 1.87 bits per heavy atom. The molecule has 5 heteroatoms. The number of pyridine rings is 1. The van der Waals surface area contributed by atoms with Crippen molar-refractivity contribution in [3.63, 3.8) is 0 Å². The molecule has 158 valence electrons. The number of aliphatic hydroxyl groups is 1. The van der Waals surface area contributed by atoms with Crippen molar-refractivity contribution >= 4 is 10.9 Å². The Morgan fingerprint density at radius 3 is 2.63 bits per heavy atom. The molecule has 0 saturated carbocycles. The smallest absolute Gasteiger partial charge is 0.380 e. The number of halogens is 3. The van der Waals surface area contributed by atoms with Crippen LogP contribution in [0.5, 0.6) is 0 Å². The highest BCUT2D eigenvalue weighted by molar-refractivity contribution is 5.81. The topological polar surface area (TPSA) is 33.1 Å². The third kappa shape index (κ3) is 3.71. The van der Waals surface area contributed by atoms with Crippen LogP contribution < -0.4 is 0 Å². The minimum atomic E-state index is -4.75. The summed E-state index contributed by atoms with van der Waals surface area (Å²) in [5.74, 6) is 0. The Morgan fingerprint density at radius 1 is 1.10 bits per heavy atom. The van der Waals surface area contributed by atoms with Gasteiger partial charge in [0.25, 0.3) is 0 Å². The summed E-state index contributed by atoms with van der Waals surface area (Å²) in [5, 5.41) is 11.8. The van der Waals surface area contributed by atoms with Crippen LogP contribution in [0.4, 0.5) is 13.2 Å². The van der Waals surface area contributed by atoms with Gasteiger partial charge in [-0.2, -0.15) is 13.2 Å². The zero-order valence-electron chi connectivity index (χ0n) is 17.3. The van der Waals surface area contributed by atoms with E-state index in [-0.39, 0.29) is 6.42 Å². The van der Waals surface area contributed by atoms with Crippen LogP contribution in [0.3, 0.4) is 0 Å². The van der Waals surface area contributed by atoms with Gasteiger partial charge in [0, 0.05) is 18.0 Å². The molecule has 4 rings (SSSR count). The predicted molar refractivity (Wildman–Crippen MR) is 113 cm³/mol. The van der Waals surface area contributed by atoms with E-state index in [1.165, 1.54) is 6.20 Å². The molecule has 0 radical (unpaired) electrons. The van der Waals surface area contributed by atoms with Crippen molar-refractivity contribution < 1.29 is 18.3 Å². The van der Waals surface area contributed by atoms with Crippen molar-refractivity contribution in [2.75, 3.05) is 0 Å². The number of aryl methyl sites for hydroxylation is 2. The van der Waals surface area contributed by atoms with Gasteiger partial charge in [-0.15, -0.1) is 0 Å². The molecule has 2 atom stereocenters. The molecule has 3 aromatic rings. The Kier molecular flexibility index (Phi) is 5.13. The van der Waals surface area contributed by atoms with Gasteiger partial charge in [0.2, 0.25) is 0 Å². The Labute approximate surface area is 174 Å². The fourth-order valence-electron chi connectivity index (χ4n) is 4.99. The second kappa shape index (κ2) is 7.38. The van der Waals surface area contributed by atoms with Gasteiger partial charge in [0.1, 0.15) is 0 Å². The molecule has 0 amide bonds. The summed E-state index contributed by atoms with van der Waals surface area (Å²) in [4.78, 5) is 4.24. The second-order valence-electron chi connectivity index (χ2n) is 8.94. The number of alkyl halides is 3. The summed E-state index contributed by atoms with van der Waals surface area (Å²) in [6, 6.07) is 14.7. The molecule has 0 saturated heterocycles. The maximum absolute atomic E-state index is 14.3. The highest BCUT2D eigenvalue weighted by Gasteiger charge is 2.57. The van der Waals surface area contributed by atoms with E-state index in [0.29, 0.717) is 22.9 Å². The highest BCUT2D eigenvalue weighted by atomic mass is 19.4. The number of para-hydroxylation sites is 1. The summed E-state index contributed by atoms with van der Waals surface area (Å²) < 4.78 is 42.9.